The van der Waals surface area contributed by atoms with Gasteiger partial charge in [-0.15, -0.1) is 0 Å². The molecule has 6 rings (SSSR count). The number of hydrogen-bond donors (Lipinski definition) is 1. The molecule has 0 saturated carbocycles. The zero-order chi connectivity index (χ0) is 22.4. The van der Waals surface area contributed by atoms with Gasteiger partial charge in [0, 0.05) is 29.1 Å². The van der Waals surface area contributed by atoms with Crippen molar-refractivity contribution in [3.8, 4) is 17.2 Å². The fourth-order valence-corrected chi connectivity index (χ4v) is 4.58. The fourth-order valence-electron chi connectivity index (χ4n) is 4.58. The van der Waals surface area contributed by atoms with Crippen LogP contribution < -0.4 is 19.5 Å². The van der Waals surface area contributed by atoms with Gasteiger partial charge in [0.1, 0.15) is 29.6 Å². The summed E-state index contributed by atoms with van der Waals surface area (Å²) < 4.78 is 19.8. The Kier molecular flexibility index (Phi) is 4.50. The van der Waals surface area contributed by atoms with E-state index in [9.17, 15) is 0 Å². The third-order valence-electron chi connectivity index (χ3n) is 6.04. The van der Waals surface area contributed by atoms with E-state index in [1.54, 1.807) is 26.7 Å². The van der Waals surface area contributed by atoms with Gasteiger partial charge in [0.25, 0.3) is 0 Å². The molecule has 8 nitrogen and oxygen atoms in total. The SMILES string of the molecule is COc1ccc(OC)c([C@H]2Oc3ccccc3C3=C2[C@@H](c2cccnc2)n2ncnc2N3)c1. The van der Waals surface area contributed by atoms with Crippen LogP contribution in [0.3, 0.4) is 0 Å². The van der Waals surface area contributed by atoms with Crippen molar-refractivity contribution in [3.05, 3.63) is 95.6 Å². The molecule has 8 heteroatoms. The maximum Gasteiger partial charge on any atom is 0.226 e. The van der Waals surface area contributed by atoms with Crippen LogP contribution in [-0.2, 0) is 0 Å². The average Bonchev–Trinajstić information content (AvgIpc) is 3.35. The Hall–Kier alpha value is -4.33. The lowest BCUT2D eigenvalue weighted by atomic mass is 9.84. The van der Waals surface area contributed by atoms with Gasteiger partial charge in [0.15, 0.2) is 6.10 Å². The third-order valence-corrected chi connectivity index (χ3v) is 6.04. The molecular formula is C25H21N5O3. The predicted octanol–water partition coefficient (Wildman–Crippen LogP) is 4.25. The number of para-hydroxylation sites is 1. The molecule has 0 unspecified atom stereocenters. The van der Waals surface area contributed by atoms with Gasteiger partial charge in [-0.2, -0.15) is 10.1 Å². The van der Waals surface area contributed by atoms with E-state index in [2.05, 4.69) is 20.4 Å². The minimum absolute atomic E-state index is 0.276. The molecule has 0 fully saturated rings. The molecule has 2 aliphatic rings. The van der Waals surface area contributed by atoms with Gasteiger partial charge in [-0.1, -0.05) is 18.2 Å². The molecule has 0 saturated heterocycles. The highest BCUT2D eigenvalue weighted by Crippen LogP contribution is 2.52. The zero-order valence-electron chi connectivity index (χ0n) is 18.1. The molecule has 4 heterocycles. The van der Waals surface area contributed by atoms with Crippen molar-refractivity contribution in [1.29, 1.82) is 0 Å². The van der Waals surface area contributed by atoms with E-state index in [4.69, 9.17) is 14.2 Å². The summed E-state index contributed by atoms with van der Waals surface area (Å²) in [5.74, 6) is 2.87. The largest absolute Gasteiger partial charge is 0.497 e. The zero-order valence-corrected chi connectivity index (χ0v) is 18.1. The average molecular weight is 439 g/mol. The number of hydrogen-bond acceptors (Lipinski definition) is 7. The summed E-state index contributed by atoms with van der Waals surface area (Å²) in [6.45, 7) is 0. The van der Waals surface area contributed by atoms with E-state index >= 15 is 0 Å². The lowest BCUT2D eigenvalue weighted by Crippen LogP contribution is -2.32. The number of methoxy groups -OCH3 is 2. The van der Waals surface area contributed by atoms with Crippen LogP contribution in [0.15, 0.2) is 78.9 Å². The van der Waals surface area contributed by atoms with Crippen molar-refractivity contribution in [2.24, 2.45) is 0 Å². The summed E-state index contributed by atoms with van der Waals surface area (Å²) in [5, 5.41) is 8.03. The van der Waals surface area contributed by atoms with Crippen LogP contribution in [0, 0.1) is 0 Å². The molecule has 0 amide bonds. The predicted molar refractivity (Wildman–Crippen MR) is 122 cm³/mol. The summed E-state index contributed by atoms with van der Waals surface area (Å²) in [5.41, 5.74) is 4.74. The minimum atomic E-state index is -0.463. The van der Waals surface area contributed by atoms with Crippen molar-refractivity contribution in [1.82, 2.24) is 19.7 Å². The number of aromatic nitrogens is 4. The molecular weight excluding hydrogens is 418 g/mol. The van der Waals surface area contributed by atoms with Crippen molar-refractivity contribution in [3.63, 3.8) is 0 Å². The molecule has 2 atom stereocenters. The monoisotopic (exact) mass is 439 g/mol. The Morgan fingerprint density at radius 1 is 1.03 bits per heavy atom. The first-order valence-electron chi connectivity index (χ1n) is 10.6. The van der Waals surface area contributed by atoms with E-state index in [1.165, 1.54) is 0 Å². The lowest BCUT2D eigenvalue weighted by molar-refractivity contribution is 0.217. The summed E-state index contributed by atoms with van der Waals surface area (Å²) >= 11 is 0. The minimum Gasteiger partial charge on any atom is -0.497 e. The van der Waals surface area contributed by atoms with Gasteiger partial charge in [-0.3, -0.25) is 4.98 Å². The summed E-state index contributed by atoms with van der Waals surface area (Å²) in [6, 6.07) is 17.4. The quantitative estimate of drug-likeness (QED) is 0.509. The van der Waals surface area contributed by atoms with E-state index in [0.29, 0.717) is 11.7 Å². The van der Waals surface area contributed by atoms with Gasteiger partial charge in [-0.05, 0) is 42.0 Å². The first kappa shape index (κ1) is 19.4. The Morgan fingerprint density at radius 2 is 1.94 bits per heavy atom. The van der Waals surface area contributed by atoms with Crippen LogP contribution in [0.25, 0.3) is 5.70 Å². The van der Waals surface area contributed by atoms with Gasteiger partial charge in [-0.25, -0.2) is 4.68 Å². The molecule has 33 heavy (non-hydrogen) atoms. The Bertz CT molecular complexity index is 1370. The molecule has 1 N–H and O–H groups in total. The molecule has 0 spiro atoms. The first-order chi connectivity index (χ1) is 16.3. The highest BCUT2D eigenvalue weighted by atomic mass is 16.5. The van der Waals surface area contributed by atoms with Crippen molar-refractivity contribution >= 4 is 11.6 Å². The smallest absolute Gasteiger partial charge is 0.226 e. The molecule has 2 aromatic carbocycles. The third kappa shape index (κ3) is 3.02. The highest BCUT2D eigenvalue weighted by molar-refractivity contribution is 5.85. The van der Waals surface area contributed by atoms with Gasteiger partial charge in [0.2, 0.25) is 5.95 Å². The van der Waals surface area contributed by atoms with Crippen LogP contribution in [0.2, 0.25) is 0 Å². The maximum atomic E-state index is 6.66. The second kappa shape index (κ2) is 7.67. The number of pyridine rings is 1. The number of nitrogens with zero attached hydrogens (tertiary/aromatic N) is 4. The maximum absolute atomic E-state index is 6.66. The molecule has 4 aromatic rings. The fraction of sp³-hybridized carbons (Fsp3) is 0.160. The molecule has 0 bridgehead atoms. The Labute approximate surface area is 190 Å². The number of fused-ring (bicyclic) bond motifs is 3. The van der Waals surface area contributed by atoms with Crippen molar-refractivity contribution in [2.75, 3.05) is 19.5 Å². The topological polar surface area (TPSA) is 83.3 Å². The van der Waals surface area contributed by atoms with Crippen LogP contribution in [0.1, 0.15) is 28.8 Å². The Balaban J connectivity index is 1.64. The number of nitrogens with one attached hydrogen (secondary N) is 1. The lowest BCUT2D eigenvalue weighted by Gasteiger charge is -2.39. The second-order valence-corrected chi connectivity index (χ2v) is 7.77. The van der Waals surface area contributed by atoms with E-state index in [0.717, 1.165) is 39.5 Å². The standard InChI is InChI=1S/C25H21N5O3/c1-31-16-9-10-19(32-2)18(12-16)24-21-22(17-7-3-4-8-20(17)33-24)29-25-27-14-28-30(25)23(21)15-6-5-11-26-13-15/h3-14,23-24H,1-2H3,(H,27,28,29)/t23-,24-/m1/s1. The van der Waals surface area contributed by atoms with E-state index in [1.807, 2.05) is 65.5 Å². The van der Waals surface area contributed by atoms with Crippen molar-refractivity contribution in [2.45, 2.75) is 12.1 Å². The van der Waals surface area contributed by atoms with Crippen LogP contribution in [0.4, 0.5) is 5.95 Å². The first-order valence-corrected chi connectivity index (χ1v) is 10.6. The summed E-state index contributed by atoms with van der Waals surface area (Å²) in [4.78, 5) is 8.82. The second-order valence-electron chi connectivity index (χ2n) is 7.77. The molecule has 164 valence electrons. The highest BCUT2D eigenvalue weighted by Gasteiger charge is 2.42. The Morgan fingerprint density at radius 3 is 2.76 bits per heavy atom. The van der Waals surface area contributed by atoms with E-state index in [-0.39, 0.29) is 6.04 Å². The van der Waals surface area contributed by atoms with Gasteiger partial charge < -0.3 is 19.5 Å². The van der Waals surface area contributed by atoms with Crippen LogP contribution >= 0.6 is 0 Å². The van der Waals surface area contributed by atoms with Crippen LogP contribution in [0.5, 0.6) is 17.2 Å². The number of rotatable bonds is 4. The number of anilines is 1. The normalized spacial score (nSPS) is 18.4. The number of benzene rings is 2. The molecule has 2 aliphatic heterocycles. The van der Waals surface area contributed by atoms with Gasteiger partial charge >= 0.3 is 0 Å². The van der Waals surface area contributed by atoms with Crippen molar-refractivity contribution < 1.29 is 14.2 Å². The van der Waals surface area contributed by atoms with E-state index < -0.39 is 6.10 Å². The molecule has 0 aliphatic carbocycles. The molecule has 2 aromatic heterocycles. The van der Waals surface area contributed by atoms with Crippen LogP contribution in [-0.4, -0.2) is 34.0 Å². The van der Waals surface area contributed by atoms with Gasteiger partial charge in [0.05, 0.1) is 19.9 Å². The summed E-state index contributed by atoms with van der Waals surface area (Å²) in [6.07, 6.45) is 4.71. The summed E-state index contributed by atoms with van der Waals surface area (Å²) in [7, 11) is 3.31. The molecule has 0 radical (unpaired) electrons. The number of ether oxygens (including phenoxy) is 3.